The summed E-state index contributed by atoms with van der Waals surface area (Å²) in [5.74, 6) is 0.256. The second-order valence-electron chi connectivity index (χ2n) is 7.97. The fraction of sp³-hybridized carbons (Fsp3) is 0.440. The number of nitrogens with zero attached hydrogens (tertiary/aromatic N) is 1. The normalized spacial score (nSPS) is 15.9. The van der Waals surface area contributed by atoms with E-state index >= 15 is 0 Å². The summed E-state index contributed by atoms with van der Waals surface area (Å²) in [5.41, 5.74) is 1.30. The molecular weight excluding hydrogens is 457 g/mol. The Balaban J connectivity index is 1.71. The Labute approximate surface area is 204 Å². The van der Waals surface area contributed by atoms with E-state index in [0.29, 0.717) is 37.5 Å². The third-order valence-corrected chi connectivity index (χ3v) is 6.44. The van der Waals surface area contributed by atoms with Gasteiger partial charge >= 0.3 is 0 Å². The largest absolute Gasteiger partial charge is 0.496 e. The highest BCUT2D eigenvalue weighted by atomic mass is 32.2. The molecule has 2 aromatic carbocycles. The van der Waals surface area contributed by atoms with E-state index in [-0.39, 0.29) is 23.7 Å². The van der Waals surface area contributed by atoms with Gasteiger partial charge in [0.2, 0.25) is 5.91 Å². The van der Waals surface area contributed by atoms with E-state index in [9.17, 15) is 14.0 Å². The zero-order valence-electron chi connectivity index (χ0n) is 19.6. The molecule has 1 saturated heterocycles. The first-order chi connectivity index (χ1) is 16.5. The number of rotatable bonds is 11. The van der Waals surface area contributed by atoms with Gasteiger partial charge in [0.25, 0.3) is 5.91 Å². The summed E-state index contributed by atoms with van der Waals surface area (Å²) in [6.45, 7) is 3.00. The molecule has 0 unspecified atom stereocenters. The number of halogens is 1. The topological polar surface area (TPSA) is 79.9 Å². The molecule has 0 radical (unpaired) electrons. The number of ether oxygens (including phenoxy) is 2. The molecule has 0 spiro atoms. The Morgan fingerprint density at radius 3 is 2.53 bits per heavy atom. The average Bonchev–Trinajstić information content (AvgIpc) is 2.88. The zero-order valence-corrected chi connectivity index (χ0v) is 20.4. The van der Waals surface area contributed by atoms with Crippen molar-refractivity contribution in [3.63, 3.8) is 0 Å². The second kappa shape index (κ2) is 13.3. The smallest absolute Gasteiger partial charge is 0.255 e. The number of benzene rings is 2. The number of amides is 2. The van der Waals surface area contributed by atoms with Gasteiger partial charge in [-0.05, 0) is 48.3 Å². The lowest BCUT2D eigenvalue weighted by Crippen LogP contribution is -2.50. The molecule has 0 saturated carbocycles. The van der Waals surface area contributed by atoms with Gasteiger partial charge < -0.3 is 20.1 Å². The number of para-hydroxylation sites is 1. The van der Waals surface area contributed by atoms with Gasteiger partial charge in [0.05, 0.1) is 31.9 Å². The summed E-state index contributed by atoms with van der Waals surface area (Å²) in [5, 5.41) is 5.88. The molecule has 1 heterocycles. The molecule has 184 valence electrons. The van der Waals surface area contributed by atoms with Gasteiger partial charge in [-0.2, -0.15) is 11.8 Å². The molecular formula is C25H32FN3O4S. The Morgan fingerprint density at radius 1 is 1.15 bits per heavy atom. The minimum absolute atomic E-state index is 0.125. The first-order valence-electron chi connectivity index (χ1n) is 11.3. The summed E-state index contributed by atoms with van der Waals surface area (Å²) in [6.07, 6.45) is 2.45. The highest BCUT2D eigenvalue weighted by Crippen LogP contribution is 2.22. The molecule has 34 heavy (non-hydrogen) atoms. The number of thioether (sulfide) groups is 1. The van der Waals surface area contributed by atoms with Crippen molar-refractivity contribution in [2.75, 3.05) is 52.0 Å². The maximum atomic E-state index is 13.5. The van der Waals surface area contributed by atoms with Crippen LogP contribution in [0.3, 0.4) is 0 Å². The molecule has 0 bridgehead atoms. The molecule has 0 aliphatic carbocycles. The highest BCUT2D eigenvalue weighted by Gasteiger charge is 2.26. The molecule has 2 aromatic rings. The quantitative estimate of drug-likeness (QED) is 0.505. The highest BCUT2D eigenvalue weighted by molar-refractivity contribution is 7.98. The predicted molar refractivity (Wildman–Crippen MR) is 132 cm³/mol. The third kappa shape index (κ3) is 7.19. The minimum Gasteiger partial charge on any atom is -0.496 e. The van der Waals surface area contributed by atoms with Crippen LogP contribution >= 0.6 is 11.8 Å². The number of nitrogens with one attached hydrogen (secondary N) is 2. The van der Waals surface area contributed by atoms with Crippen molar-refractivity contribution >= 4 is 23.6 Å². The number of carbonyl (C=O) groups is 2. The molecule has 1 aliphatic rings. The predicted octanol–water partition coefficient (Wildman–Crippen LogP) is 2.88. The lowest BCUT2D eigenvalue weighted by atomic mass is 10.0. The first-order valence-corrected chi connectivity index (χ1v) is 12.7. The van der Waals surface area contributed by atoms with Crippen LogP contribution < -0.4 is 15.4 Å². The van der Waals surface area contributed by atoms with Crippen molar-refractivity contribution in [1.29, 1.82) is 0 Å². The van der Waals surface area contributed by atoms with Gasteiger partial charge in [-0.15, -0.1) is 0 Å². The summed E-state index contributed by atoms with van der Waals surface area (Å²) in [6, 6.07) is 12.5. The standard InChI is InChI=1S/C25H32FN3O4S/c1-32-23-6-4-3-5-20(23)24(30)28-21(11-16-34-2)25(31)27-17-22(29-12-14-33-15-13-29)18-7-9-19(26)10-8-18/h3-10,21-22H,11-17H2,1-2H3,(H,27,31)(H,28,30)/t21-,22-/m1/s1. The van der Waals surface area contributed by atoms with Crippen molar-refractivity contribution in [2.24, 2.45) is 0 Å². The summed E-state index contributed by atoms with van der Waals surface area (Å²) < 4.78 is 24.2. The zero-order chi connectivity index (χ0) is 24.3. The maximum Gasteiger partial charge on any atom is 0.255 e. The molecule has 2 N–H and O–H groups in total. The van der Waals surface area contributed by atoms with Crippen LogP contribution in [0.5, 0.6) is 5.75 Å². The van der Waals surface area contributed by atoms with Crippen LogP contribution in [0, 0.1) is 5.82 Å². The second-order valence-corrected chi connectivity index (χ2v) is 8.95. The number of hydrogen-bond acceptors (Lipinski definition) is 6. The van der Waals surface area contributed by atoms with Crippen LogP contribution in [-0.4, -0.2) is 74.7 Å². The van der Waals surface area contributed by atoms with Crippen LogP contribution in [0.25, 0.3) is 0 Å². The van der Waals surface area contributed by atoms with E-state index in [0.717, 1.165) is 24.4 Å². The molecule has 9 heteroatoms. The van der Waals surface area contributed by atoms with E-state index < -0.39 is 6.04 Å². The van der Waals surface area contributed by atoms with E-state index in [1.807, 2.05) is 6.26 Å². The Bertz CT molecular complexity index is 938. The molecule has 2 atom stereocenters. The SMILES string of the molecule is COc1ccccc1C(=O)N[C@H](CCSC)C(=O)NC[C@H](c1ccc(F)cc1)N1CCOCC1. The first kappa shape index (κ1) is 26.0. The fourth-order valence-electron chi connectivity index (χ4n) is 3.93. The molecule has 0 aromatic heterocycles. The monoisotopic (exact) mass is 489 g/mol. The van der Waals surface area contributed by atoms with Gasteiger partial charge in [-0.25, -0.2) is 4.39 Å². The number of morpholine rings is 1. The van der Waals surface area contributed by atoms with Gasteiger partial charge in [0.1, 0.15) is 17.6 Å². The van der Waals surface area contributed by atoms with Gasteiger partial charge in [0, 0.05) is 19.6 Å². The van der Waals surface area contributed by atoms with Crippen molar-refractivity contribution in [3.8, 4) is 5.75 Å². The van der Waals surface area contributed by atoms with Gasteiger partial charge in [-0.1, -0.05) is 24.3 Å². The van der Waals surface area contributed by atoms with E-state index in [2.05, 4.69) is 15.5 Å². The average molecular weight is 490 g/mol. The van der Waals surface area contributed by atoms with Gasteiger partial charge in [-0.3, -0.25) is 14.5 Å². The van der Waals surface area contributed by atoms with Crippen molar-refractivity contribution < 1.29 is 23.5 Å². The molecule has 7 nitrogen and oxygen atoms in total. The number of hydrogen-bond donors (Lipinski definition) is 2. The van der Waals surface area contributed by atoms with Crippen LogP contribution in [-0.2, 0) is 9.53 Å². The maximum absolute atomic E-state index is 13.5. The summed E-state index contributed by atoms with van der Waals surface area (Å²) in [7, 11) is 1.51. The molecule has 1 aliphatic heterocycles. The molecule has 2 amide bonds. The third-order valence-electron chi connectivity index (χ3n) is 5.79. The lowest BCUT2D eigenvalue weighted by Gasteiger charge is -2.35. The van der Waals surface area contributed by atoms with E-state index in [1.165, 1.54) is 19.2 Å². The van der Waals surface area contributed by atoms with Crippen LogP contribution in [0.1, 0.15) is 28.4 Å². The van der Waals surface area contributed by atoms with Crippen LogP contribution in [0.15, 0.2) is 48.5 Å². The molecule has 3 rings (SSSR count). The van der Waals surface area contributed by atoms with Crippen LogP contribution in [0.2, 0.25) is 0 Å². The summed E-state index contributed by atoms with van der Waals surface area (Å²) in [4.78, 5) is 28.3. The summed E-state index contributed by atoms with van der Waals surface area (Å²) >= 11 is 1.61. The fourth-order valence-corrected chi connectivity index (χ4v) is 4.40. The Hall–Kier alpha value is -2.62. The number of methoxy groups -OCH3 is 1. The minimum atomic E-state index is -0.691. The van der Waals surface area contributed by atoms with Crippen molar-refractivity contribution in [2.45, 2.75) is 18.5 Å². The van der Waals surface area contributed by atoms with Crippen molar-refractivity contribution in [3.05, 3.63) is 65.5 Å². The van der Waals surface area contributed by atoms with Crippen molar-refractivity contribution in [1.82, 2.24) is 15.5 Å². The Kier molecular flexibility index (Phi) is 10.2. The Morgan fingerprint density at radius 2 is 1.85 bits per heavy atom. The van der Waals surface area contributed by atoms with Gasteiger partial charge in [0.15, 0.2) is 0 Å². The molecule has 1 fully saturated rings. The van der Waals surface area contributed by atoms with E-state index in [1.54, 1.807) is 48.2 Å². The lowest BCUT2D eigenvalue weighted by molar-refractivity contribution is -0.123. The number of carbonyl (C=O) groups excluding carboxylic acids is 2. The van der Waals surface area contributed by atoms with E-state index in [4.69, 9.17) is 9.47 Å². The van der Waals surface area contributed by atoms with Crippen LogP contribution in [0.4, 0.5) is 4.39 Å².